The number of benzene rings is 3. The molecule has 2 aliphatic heterocycles. The molecule has 5 nitrogen and oxygen atoms in total. The fourth-order valence-electron chi connectivity index (χ4n) is 5.53. The average molecular weight is 564 g/mol. The molecule has 6 rings (SSSR count). The summed E-state index contributed by atoms with van der Waals surface area (Å²) in [6.45, 7) is 4.54. The van der Waals surface area contributed by atoms with E-state index < -0.39 is 11.7 Å². The Bertz CT molecular complexity index is 1560. The number of hydrogen-bond acceptors (Lipinski definition) is 4. The smallest absolute Gasteiger partial charge is 0.337 e. The quantitative estimate of drug-likeness (QED) is 0.314. The highest BCUT2D eigenvalue weighted by Gasteiger charge is 2.36. The summed E-state index contributed by atoms with van der Waals surface area (Å²) in [6.07, 6.45) is -3.48. The highest BCUT2D eigenvalue weighted by atomic mass is 32.1. The van der Waals surface area contributed by atoms with Gasteiger partial charge in [-0.15, -0.1) is 11.3 Å². The molecule has 3 heterocycles. The number of rotatable bonds is 5. The largest absolute Gasteiger partial charge is 0.416 e. The number of fused-ring (bicyclic) bond motifs is 1. The molecule has 2 amide bonds. The summed E-state index contributed by atoms with van der Waals surface area (Å²) in [5, 5.41) is 4.55. The van der Waals surface area contributed by atoms with Gasteiger partial charge in [-0.05, 0) is 71.8 Å². The maximum Gasteiger partial charge on any atom is 0.416 e. The molecule has 2 saturated heterocycles. The maximum absolute atomic E-state index is 13.3. The van der Waals surface area contributed by atoms with E-state index in [9.17, 15) is 22.8 Å². The molecule has 1 unspecified atom stereocenters. The molecule has 1 N–H and O–H groups in total. The van der Waals surface area contributed by atoms with Crippen LogP contribution in [0, 0.1) is 6.92 Å². The standard InChI is InChI=1S/C31H28F3N3O2S/c1-19-26-15-22(20-7-10-23(11-8-20)31(32,33)34)9-12-27(26)40-28(19)30(39)37-17-25(18-37)35-24-13-14-36(16-24)29(38)21-5-3-2-4-6-21/h2-12,15,24-25,35H,13-14,16-18H2,1H3. The number of carbonyl (C=O) groups excluding carboxylic acids is 2. The number of aryl methyl sites for hydroxylation is 1. The van der Waals surface area contributed by atoms with Crippen molar-refractivity contribution in [2.45, 2.75) is 31.6 Å². The van der Waals surface area contributed by atoms with Gasteiger partial charge in [0.2, 0.25) is 0 Å². The second-order valence-electron chi connectivity index (χ2n) is 10.5. The fourth-order valence-corrected chi connectivity index (χ4v) is 6.68. The summed E-state index contributed by atoms with van der Waals surface area (Å²) < 4.78 is 39.8. The second kappa shape index (κ2) is 10.4. The Balaban J connectivity index is 1.07. The predicted octanol–water partition coefficient (Wildman–Crippen LogP) is 6.22. The molecule has 0 aliphatic carbocycles. The van der Waals surface area contributed by atoms with Gasteiger partial charge in [0.05, 0.1) is 10.4 Å². The van der Waals surface area contributed by atoms with Crippen molar-refractivity contribution in [3.8, 4) is 11.1 Å². The van der Waals surface area contributed by atoms with Crippen LogP contribution in [-0.2, 0) is 6.18 Å². The summed E-state index contributed by atoms with van der Waals surface area (Å²) in [7, 11) is 0. The van der Waals surface area contributed by atoms with Gasteiger partial charge in [0.1, 0.15) is 0 Å². The Labute approximate surface area is 234 Å². The molecular weight excluding hydrogens is 535 g/mol. The van der Waals surface area contributed by atoms with Crippen LogP contribution in [-0.4, -0.2) is 59.9 Å². The average Bonchev–Trinajstić information content (AvgIpc) is 3.54. The summed E-state index contributed by atoms with van der Waals surface area (Å²) in [6, 6.07) is 20.6. The molecule has 3 aromatic carbocycles. The SMILES string of the molecule is Cc1c(C(=O)N2CC(NC3CCN(C(=O)c4ccccc4)C3)C2)sc2ccc(-c3ccc(C(F)(F)F)cc3)cc12. The Morgan fingerprint density at radius 1 is 0.850 bits per heavy atom. The number of nitrogens with one attached hydrogen (secondary N) is 1. The van der Waals surface area contributed by atoms with Gasteiger partial charge in [-0.3, -0.25) is 9.59 Å². The lowest BCUT2D eigenvalue weighted by atomic mass is 10.0. The Morgan fingerprint density at radius 3 is 2.23 bits per heavy atom. The molecule has 2 aliphatic rings. The van der Waals surface area contributed by atoms with E-state index >= 15 is 0 Å². The first-order valence-electron chi connectivity index (χ1n) is 13.3. The molecule has 1 atom stereocenters. The zero-order valence-electron chi connectivity index (χ0n) is 21.9. The molecule has 2 fully saturated rings. The number of halogens is 3. The van der Waals surface area contributed by atoms with Gasteiger partial charge in [0.25, 0.3) is 11.8 Å². The van der Waals surface area contributed by atoms with Gasteiger partial charge in [0.15, 0.2) is 0 Å². The van der Waals surface area contributed by atoms with E-state index in [-0.39, 0.29) is 23.9 Å². The van der Waals surface area contributed by atoms with E-state index in [0.29, 0.717) is 35.6 Å². The van der Waals surface area contributed by atoms with Crippen molar-refractivity contribution in [3.63, 3.8) is 0 Å². The van der Waals surface area contributed by atoms with Crippen LogP contribution < -0.4 is 5.32 Å². The lowest BCUT2D eigenvalue weighted by Gasteiger charge is -2.41. The third-order valence-electron chi connectivity index (χ3n) is 7.81. The number of likely N-dealkylation sites (tertiary alicyclic amines) is 2. The van der Waals surface area contributed by atoms with Crippen molar-refractivity contribution in [1.82, 2.24) is 15.1 Å². The molecule has 4 aromatic rings. The van der Waals surface area contributed by atoms with E-state index in [1.54, 1.807) is 0 Å². The molecule has 9 heteroatoms. The zero-order valence-corrected chi connectivity index (χ0v) is 22.7. The minimum Gasteiger partial charge on any atom is -0.337 e. The third kappa shape index (κ3) is 5.11. The van der Waals surface area contributed by atoms with Crippen molar-refractivity contribution >= 4 is 33.2 Å². The van der Waals surface area contributed by atoms with E-state index in [1.807, 2.05) is 65.3 Å². The van der Waals surface area contributed by atoms with Crippen molar-refractivity contribution in [3.05, 3.63) is 94.4 Å². The summed E-state index contributed by atoms with van der Waals surface area (Å²) in [5.41, 5.74) is 2.42. The molecule has 1 aromatic heterocycles. The monoisotopic (exact) mass is 563 g/mol. The van der Waals surface area contributed by atoms with Crippen molar-refractivity contribution < 1.29 is 22.8 Å². The fraction of sp³-hybridized carbons (Fsp3) is 0.290. The number of hydrogen-bond donors (Lipinski definition) is 1. The Morgan fingerprint density at radius 2 is 1.52 bits per heavy atom. The molecule has 0 saturated carbocycles. The molecule has 0 radical (unpaired) electrons. The van der Waals surface area contributed by atoms with E-state index in [4.69, 9.17) is 0 Å². The summed E-state index contributed by atoms with van der Waals surface area (Å²) in [5.74, 6) is 0.0529. The minimum absolute atomic E-state index is 0.000124. The highest BCUT2D eigenvalue weighted by molar-refractivity contribution is 7.21. The van der Waals surface area contributed by atoms with Crippen molar-refractivity contribution in [2.24, 2.45) is 0 Å². The van der Waals surface area contributed by atoms with Crippen LogP contribution in [0.25, 0.3) is 21.2 Å². The predicted molar refractivity (Wildman–Crippen MR) is 151 cm³/mol. The maximum atomic E-state index is 13.3. The minimum atomic E-state index is -4.37. The second-order valence-corrected chi connectivity index (χ2v) is 11.6. The summed E-state index contributed by atoms with van der Waals surface area (Å²) in [4.78, 5) is 30.5. The van der Waals surface area contributed by atoms with Crippen molar-refractivity contribution in [1.29, 1.82) is 0 Å². The van der Waals surface area contributed by atoms with Crippen LogP contribution in [0.5, 0.6) is 0 Å². The van der Waals surface area contributed by atoms with Gasteiger partial charge in [0, 0.05) is 48.5 Å². The van der Waals surface area contributed by atoms with Crippen molar-refractivity contribution in [2.75, 3.05) is 26.2 Å². The summed E-state index contributed by atoms with van der Waals surface area (Å²) >= 11 is 1.45. The highest BCUT2D eigenvalue weighted by Crippen LogP contribution is 2.36. The van der Waals surface area contributed by atoms with E-state index in [2.05, 4.69) is 5.32 Å². The van der Waals surface area contributed by atoms with Crippen LogP contribution in [0.4, 0.5) is 13.2 Å². The number of alkyl halides is 3. The number of nitrogens with zero attached hydrogens (tertiary/aromatic N) is 2. The van der Waals surface area contributed by atoms with Crippen LogP contribution >= 0.6 is 11.3 Å². The van der Waals surface area contributed by atoms with Crippen LogP contribution in [0.2, 0.25) is 0 Å². The Hall–Kier alpha value is -3.69. The van der Waals surface area contributed by atoms with E-state index in [0.717, 1.165) is 46.3 Å². The topological polar surface area (TPSA) is 52.7 Å². The van der Waals surface area contributed by atoms with Crippen LogP contribution in [0.15, 0.2) is 72.8 Å². The first-order chi connectivity index (χ1) is 19.2. The number of carbonyl (C=O) groups is 2. The third-order valence-corrected chi connectivity index (χ3v) is 9.07. The lowest BCUT2D eigenvalue weighted by Crippen LogP contribution is -2.62. The zero-order chi connectivity index (χ0) is 28.0. The lowest BCUT2D eigenvalue weighted by molar-refractivity contribution is -0.137. The van der Waals surface area contributed by atoms with Crippen LogP contribution in [0.1, 0.15) is 37.6 Å². The number of amides is 2. The van der Waals surface area contributed by atoms with Gasteiger partial charge in [-0.25, -0.2) is 0 Å². The Kier molecular flexibility index (Phi) is 6.88. The van der Waals surface area contributed by atoms with Gasteiger partial charge < -0.3 is 15.1 Å². The van der Waals surface area contributed by atoms with Gasteiger partial charge in [-0.2, -0.15) is 13.2 Å². The first kappa shape index (κ1) is 26.5. The normalized spacial score (nSPS) is 17.9. The van der Waals surface area contributed by atoms with Gasteiger partial charge >= 0.3 is 6.18 Å². The number of thiophene rings is 1. The molecule has 206 valence electrons. The van der Waals surface area contributed by atoms with Gasteiger partial charge in [-0.1, -0.05) is 36.4 Å². The molecule has 40 heavy (non-hydrogen) atoms. The van der Waals surface area contributed by atoms with Crippen LogP contribution in [0.3, 0.4) is 0 Å². The van der Waals surface area contributed by atoms with E-state index in [1.165, 1.54) is 23.5 Å². The molecule has 0 spiro atoms. The molecule has 0 bridgehead atoms. The first-order valence-corrected chi connectivity index (χ1v) is 14.1. The molecular formula is C31H28F3N3O2S.